The molecule has 4 rings (SSSR count). The van der Waals surface area contributed by atoms with Crippen molar-refractivity contribution in [2.24, 2.45) is 5.92 Å². The van der Waals surface area contributed by atoms with Crippen LogP contribution in [-0.2, 0) is 21.0 Å². The van der Waals surface area contributed by atoms with Crippen LogP contribution in [0.2, 0.25) is 0 Å². The molecule has 1 aliphatic rings. The maximum absolute atomic E-state index is 13.7. The number of sulfonamides is 1. The average Bonchev–Trinajstić information content (AvgIpc) is 2.87. The van der Waals surface area contributed by atoms with Gasteiger partial charge in [-0.15, -0.1) is 0 Å². The molecule has 1 saturated heterocycles. The number of aryl methyl sites for hydroxylation is 1. The predicted octanol–water partition coefficient (Wildman–Crippen LogP) is 5.35. The molecule has 0 bridgehead atoms. The first-order valence-corrected chi connectivity index (χ1v) is 13.5. The quantitative estimate of drug-likeness (QED) is 0.390. The Hall–Kier alpha value is -3.67. The smallest absolute Gasteiger partial charge is 0.418 e. The van der Waals surface area contributed by atoms with E-state index in [0.29, 0.717) is 30.9 Å². The number of anilines is 2. The molecule has 0 aliphatic carbocycles. The number of aromatic nitrogens is 2. The summed E-state index contributed by atoms with van der Waals surface area (Å²) in [6, 6.07) is 12.8. The number of hydrogen-bond acceptors (Lipinski definition) is 6. The fourth-order valence-corrected chi connectivity index (χ4v) is 5.45. The van der Waals surface area contributed by atoms with Gasteiger partial charge in [-0.2, -0.15) is 21.6 Å². The van der Waals surface area contributed by atoms with Gasteiger partial charge in [-0.1, -0.05) is 30.3 Å². The molecule has 2 N–H and O–H groups in total. The van der Waals surface area contributed by atoms with E-state index in [4.69, 9.17) is 5.11 Å². The molecule has 0 atom stereocenters. The van der Waals surface area contributed by atoms with Gasteiger partial charge in [0.1, 0.15) is 11.6 Å². The van der Waals surface area contributed by atoms with Crippen LogP contribution in [0.4, 0.5) is 24.8 Å². The number of halogens is 3. The number of aliphatic carboxylic acids is 1. The highest BCUT2D eigenvalue weighted by Crippen LogP contribution is 2.38. The summed E-state index contributed by atoms with van der Waals surface area (Å²) in [5.74, 6) is -0.356. The van der Waals surface area contributed by atoms with Crippen LogP contribution in [0.25, 0.3) is 11.3 Å². The minimum absolute atomic E-state index is 0.117. The summed E-state index contributed by atoms with van der Waals surface area (Å²) < 4.78 is 69.6. The fraction of sp³-hybridized carbons (Fsp3) is 0.346. The molecule has 3 heterocycles. The Morgan fingerprint density at radius 2 is 1.76 bits per heavy atom. The molecule has 12 heteroatoms. The number of benzene rings is 1. The molecule has 8 nitrogen and oxygen atoms in total. The van der Waals surface area contributed by atoms with Crippen LogP contribution in [-0.4, -0.2) is 42.6 Å². The number of piperidine rings is 1. The molecule has 1 aromatic carbocycles. The monoisotopic (exact) mass is 548 g/mol. The van der Waals surface area contributed by atoms with E-state index in [1.54, 1.807) is 37.3 Å². The Morgan fingerprint density at radius 1 is 1.05 bits per heavy atom. The number of carboxylic acid groups (broad SMARTS) is 1. The lowest BCUT2D eigenvalue weighted by Gasteiger charge is -2.32. The zero-order chi connectivity index (χ0) is 27.5. The van der Waals surface area contributed by atoms with Gasteiger partial charge in [0, 0.05) is 25.1 Å². The summed E-state index contributed by atoms with van der Waals surface area (Å²) in [6.07, 6.45) is -2.44. The molecular weight excluding hydrogens is 521 g/mol. The van der Waals surface area contributed by atoms with Crippen LogP contribution >= 0.6 is 0 Å². The van der Waals surface area contributed by atoms with Gasteiger partial charge in [-0.05, 0) is 61.9 Å². The minimum Gasteiger partial charge on any atom is -0.481 e. The van der Waals surface area contributed by atoms with Crippen molar-refractivity contribution in [1.29, 1.82) is 0 Å². The zero-order valence-electron chi connectivity index (χ0n) is 20.6. The van der Waals surface area contributed by atoms with Crippen LogP contribution in [0.15, 0.2) is 59.6 Å². The van der Waals surface area contributed by atoms with Gasteiger partial charge in [-0.25, -0.2) is 9.97 Å². The van der Waals surface area contributed by atoms with E-state index >= 15 is 0 Å². The Bertz CT molecular complexity index is 1420. The summed E-state index contributed by atoms with van der Waals surface area (Å²) in [6.45, 7) is 2.86. The summed E-state index contributed by atoms with van der Waals surface area (Å²) in [5, 5.41) is 8.59. The highest BCUT2D eigenvalue weighted by molar-refractivity contribution is 7.92. The van der Waals surface area contributed by atoms with Crippen LogP contribution < -0.4 is 9.62 Å². The standard InChI is InChI=1S/C26H27F3N4O4S/c1-17-5-2-3-6-19(17)25-20(26(27,28)29)10-11-21(30-25)32-38(36,37)23-8-4-7-22(31-23)33-15-13-18(14-16-33)9-12-24(34)35/h2-8,10-11,18H,9,12-16H2,1H3,(H,30,32)(H,34,35). The van der Waals surface area contributed by atoms with Gasteiger partial charge >= 0.3 is 12.1 Å². The predicted molar refractivity (Wildman–Crippen MR) is 136 cm³/mol. The van der Waals surface area contributed by atoms with Gasteiger partial charge in [-0.3, -0.25) is 9.52 Å². The SMILES string of the molecule is Cc1ccccc1-c1nc(NS(=O)(=O)c2cccc(N3CCC(CCC(=O)O)CC3)n2)ccc1C(F)(F)F. The molecule has 1 fully saturated rings. The van der Waals surface area contributed by atoms with Gasteiger partial charge < -0.3 is 10.0 Å². The average molecular weight is 549 g/mol. The number of carbonyl (C=O) groups is 1. The van der Waals surface area contributed by atoms with E-state index in [-0.39, 0.29) is 34.4 Å². The van der Waals surface area contributed by atoms with E-state index in [2.05, 4.69) is 14.7 Å². The molecule has 0 radical (unpaired) electrons. The second-order valence-electron chi connectivity index (χ2n) is 9.21. The summed E-state index contributed by atoms with van der Waals surface area (Å²) in [5.41, 5.74) is -0.538. The molecule has 2 aromatic heterocycles. The first-order chi connectivity index (χ1) is 17.9. The van der Waals surface area contributed by atoms with Crippen LogP contribution in [0.1, 0.15) is 36.8 Å². The van der Waals surface area contributed by atoms with E-state index in [1.165, 1.54) is 12.1 Å². The lowest BCUT2D eigenvalue weighted by molar-refractivity contribution is -0.138. The van der Waals surface area contributed by atoms with Crippen molar-refractivity contribution in [1.82, 2.24) is 9.97 Å². The maximum atomic E-state index is 13.7. The number of pyridine rings is 2. The van der Waals surface area contributed by atoms with Gasteiger partial charge in [0.05, 0.1) is 11.3 Å². The fourth-order valence-electron chi connectivity index (χ4n) is 4.49. The van der Waals surface area contributed by atoms with Crippen molar-refractivity contribution in [3.05, 3.63) is 65.7 Å². The molecule has 202 valence electrons. The normalized spacial score (nSPS) is 14.9. The molecule has 3 aromatic rings. The molecule has 38 heavy (non-hydrogen) atoms. The summed E-state index contributed by atoms with van der Waals surface area (Å²) in [7, 11) is -4.26. The maximum Gasteiger partial charge on any atom is 0.418 e. The van der Waals surface area contributed by atoms with Crippen molar-refractivity contribution in [2.75, 3.05) is 22.7 Å². The number of alkyl halides is 3. The molecule has 0 amide bonds. The topological polar surface area (TPSA) is 112 Å². The lowest BCUT2D eigenvalue weighted by Crippen LogP contribution is -2.34. The largest absolute Gasteiger partial charge is 0.481 e. The van der Waals surface area contributed by atoms with Crippen LogP contribution in [0.5, 0.6) is 0 Å². The van der Waals surface area contributed by atoms with Crippen molar-refractivity contribution >= 4 is 27.6 Å². The number of nitrogens with one attached hydrogen (secondary N) is 1. The Kier molecular flexibility index (Phi) is 7.91. The van der Waals surface area contributed by atoms with Crippen molar-refractivity contribution in [3.8, 4) is 11.3 Å². The second-order valence-corrected chi connectivity index (χ2v) is 10.8. The lowest BCUT2D eigenvalue weighted by atomic mass is 9.92. The Morgan fingerprint density at radius 3 is 2.42 bits per heavy atom. The van der Waals surface area contributed by atoms with Crippen molar-refractivity contribution < 1.29 is 31.5 Å². The van der Waals surface area contributed by atoms with Gasteiger partial charge in [0.25, 0.3) is 10.0 Å². The Labute approximate surface area is 218 Å². The van der Waals surface area contributed by atoms with Crippen molar-refractivity contribution in [2.45, 2.75) is 43.8 Å². The molecule has 0 spiro atoms. The molecule has 0 unspecified atom stereocenters. The van der Waals surface area contributed by atoms with E-state index in [0.717, 1.165) is 25.0 Å². The Balaban J connectivity index is 1.56. The number of hydrogen-bond donors (Lipinski definition) is 2. The minimum atomic E-state index is -4.68. The van der Waals surface area contributed by atoms with Crippen LogP contribution in [0, 0.1) is 12.8 Å². The third-order valence-electron chi connectivity index (χ3n) is 6.53. The summed E-state index contributed by atoms with van der Waals surface area (Å²) in [4.78, 5) is 21.1. The molecule has 0 saturated carbocycles. The van der Waals surface area contributed by atoms with Gasteiger partial charge in [0.15, 0.2) is 5.03 Å². The first kappa shape index (κ1) is 27.4. The molecule has 1 aliphatic heterocycles. The van der Waals surface area contributed by atoms with Crippen molar-refractivity contribution in [3.63, 3.8) is 0 Å². The van der Waals surface area contributed by atoms with Gasteiger partial charge in [0.2, 0.25) is 0 Å². The first-order valence-electron chi connectivity index (χ1n) is 12.0. The third-order valence-corrected chi connectivity index (χ3v) is 7.78. The van der Waals surface area contributed by atoms with E-state index in [1.807, 2.05) is 4.90 Å². The summed E-state index contributed by atoms with van der Waals surface area (Å²) >= 11 is 0. The third kappa shape index (κ3) is 6.42. The number of carboxylic acids is 1. The van der Waals surface area contributed by atoms with Crippen LogP contribution in [0.3, 0.4) is 0 Å². The van der Waals surface area contributed by atoms with E-state index < -0.39 is 27.7 Å². The zero-order valence-corrected chi connectivity index (χ0v) is 21.4. The number of rotatable bonds is 8. The van der Waals surface area contributed by atoms with E-state index in [9.17, 15) is 26.4 Å². The highest BCUT2D eigenvalue weighted by atomic mass is 32.2. The number of nitrogens with zero attached hydrogens (tertiary/aromatic N) is 3. The highest BCUT2D eigenvalue weighted by Gasteiger charge is 2.35. The second kappa shape index (κ2) is 11.0. The molecular formula is C26H27F3N4O4S.